The summed E-state index contributed by atoms with van der Waals surface area (Å²) in [6, 6.07) is 19.0. The third kappa shape index (κ3) is 5.08. The molecule has 0 aliphatic rings. The van der Waals surface area contributed by atoms with E-state index in [1.54, 1.807) is 25.3 Å². The van der Waals surface area contributed by atoms with Gasteiger partial charge in [-0.1, -0.05) is 36.4 Å². The van der Waals surface area contributed by atoms with Gasteiger partial charge in [0.05, 0.1) is 12.7 Å². The first-order valence-electron chi connectivity index (χ1n) is 9.40. The van der Waals surface area contributed by atoms with Gasteiger partial charge in [0.1, 0.15) is 6.61 Å². The number of benzene rings is 3. The molecule has 0 atom stereocenters. The van der Waals surface area contributed by atoms with Gasteiger partial charge in [-0.25, -0.2) is 4.79 Å². The summed E-state index contributed by atoms with van der Waals surface area (Å²) in [5.41, 5.74) is 5.37. The fraction of sp³-hybridized carbons (Fsp3) is 0.208. The van der Waals surface area contributed by atoms with E-state index in [0.717, 1.165) is 22.4 Å². The first kappa shape index (κ1) is 20.3. The molecule has 0 saturated heterocycles. The fourth-order valence-corrected chi connectivity index (χ4v) is 3.01. The third-order valence-corrected chi connectivity index (χ3v) is 4.84. The zero-order chi connectivity index (χ0) is 20.8. The van der Waals surface area contributed by atoms with E-state index in [1.807, 2.05) is 43.3 Å². The lowest BCUT2D eigenvalue weighted by Gasteiger charge is -2.15. The van der Waals surface area contributed by atoms with Gasteiger partial charge in [0.2, 0.25) is 0 Å². The van der Waals surface area contributed by atoms with Crippen molar-refractivity contribution in [2.24, 2.45) is 0 Å². The van der Waals surface area contributed by atoms with Crippen LogP contribution in [-0.4, -0.2) is 18.2 Å². The number of aryl methyl sites for hydroxylation is 2. The summed E-state index contributed by atoms with van der Waals surface area (Å²) in [4.78, 5) is 11.2. The number of carboxylic acids is 1. The van der Waals surface area contributed by atoms with E-state index in [1.165, 1.54) is 5.56 Å². The maximum absolute atomic E-state index is 11.2. The highest BCUT2D eigenvalue weighted by Crippen LogP contribution is 2.29. The highest BCUT2D eigenvalue weighted by Gasteiger charge is 2.09. The molecule has 29 heavy (non-hydrogen) atoms. The summed E-state index contributed by atoms with van der Waals surface area (Å²) in [6.45, 7) is 5.02. The SMILES string of the molecule is COc1cc(CNc2cc(C(=O)O)ccc2C)ccc1OCc1ccccc1C. The lowest BCUT2D eigenvalue weighted by Crippen LogP contribution is -2.05. The van der Waals surface area contributed by atoms with Crippen LogP contribution in [-0.2, 0) is 13.2 Å². The van der Waals surface area contributed by atoms with Crippen molar-refractivity contribution in [1.82, 2.24) is 0 Å². The molecule has 0 bridgehead atoms. The van der Waals surface area contributed by atoms with Gasteiger partial charge in [-0.15, -0.1) is 0 Å². The van der Waals surface area contributed by atoms with Crippen molar-refractivity contribution < 1.29 is 19.4 Å². The normalized spacial score (nSPS) is 10.4. The lowest BCUT2D eigenvalue weighted by molar-refractivity contribution is 0.0697. The molecule has 3 rings (SSSR count). The number of hydrogen-bond donors (Lipinski definition) is 2. The summed E-state index contributed by atoms with van der Waals surface area (Å²) < 4.78 is 11.5. The molecule has 0 saturated carbocycles. The van der Waals surface area contributed by atoms with Crippen LogP contribution in [0.4, 0.5) is 5.69 Å². The fourth-order valence-electron chi connectivity index (χ4n) is 3.01. The van der Waals surface area contributed by atoms with Crippen molar-refractivity contribution in [2.45, 2.75) is 27.0 Å². The second kappa shape index (κ2) is 9.15. The van der Waals surface area contributed by atoms with Gasteiger partial charge >= 0.3 is 5.97 Å². The van der Waals surface area contributed by atoms with E-state index >= 15 is 0 Å². The molecule has 0 heterocycles. The van der Waals surface area contributed by atoms with Gasteiger partial charge in [0.25, 0.3) is 0 Å². The van der Waals surface area contributed by atoms with E-state index in [2.05, 4.69) is 18.3 Å². The van der Waals surface area contributed by atoms with E-state index in [0.29, 0.717) is 24.7 Å². The van der Waals surface area contributed by atoms with Gasteiger partial charge in [-0.2, -0.15) is 0 Å². The van der Waals surface area contributed by atoms with E-state index in [-0.39, 0.29) is 5.56 Å². The maximum atomic E-state index is 11.2. The molecule has 0 unspecified atom stereocenters. The van der Waals surface area contributed by atoms with Crippen LogP contribution in [0.1, 0.15) is 32.6 Å². The topological polar surface area (TPSA) is 67.8 Å². The Hall–Kier alpha value is -3.47. The molecule has 0 amide bonds. The summed E-state index contributed by atoms with van der Waals surface area (Å²) in [7, 11) is 1.62. The van der Waals surface area contributed by atoms with Crippen LogP contribution >= 0.6 is 0 Å². The molecule has 0 aliphatic carbocycles. The zero-order valence-electron chi connectivity index (χ0n) is 16.9. The smallest absolute Gasteiger partial charge is 0.335 e. The molecular formula is C24H25NO4. The number of methoxy groups -OCH3 is 1. The van der Waals surface area contributed by atoms with Gasteiger partial charge in [0.15, 0.2) is 11.5 Å². The monoisotopic (exact) mass is 391 g/mol. The lowest BCUT2D eigenvalue weighted by atomic mass is 10.1. The van der Waals surface area contributed by atoms with Crippen molar-refractivity contribution in [3.8, 4) is 11.5 Å². The average molecular weight is 391 g/mol. The molecule has 3 aromatic rings. The van der Waals surface area contributed by atoms with Crippen LogP contribution in [0, 0.1) is 13.8 Å². The minimum absolute atomic E-state index is 0.260. The molecule has 0 fully saturated rings. The standard InChI is InChI=1S/C24H25NO4/c1-16-6-4-5-7-20(16)15-29-22-11-9-18(12-23(22)28-3)14-25-21-13-19(24(26)27)10-8-17(21)2/h4-13,25H,14-15H2,1-3H3,(H,26,27). The number of rotatable bonds is 8. The quantitative estimate of drug-likeness (QED) is 0.552. The van der Waals surface area contributed by atoms with Crippen LogP contribution in [0.25, 0.3) is 0 Å². The summed E-state index contributed by atoms with van der Waals surface area (Å²) in [5, 5.41) is 12.5. The summed E-state index contributed by atoms with van der Waals surface area (Å²) in [5.74, 6) is 0.405. The van der Waals surface area contributed by atoms with Crippen molar-refractivity contribution in [3.63, 3.8) is 0 Å². The van der Waals surface area contributed by atoms with Crippen LogP contribution in [0.3, 0.4) is 0 Å². The largest absolute Gasteiger partial charge is 0.493 e. The number of nitrogens with one attached hydrogen (secondary N) is 1. The Bertz CT molecular complexity index is 1010. The Morgan fingerprint density at radius 2 is 1.76 bits per heavy atom. The number of ether oxygens (including phenoxy) is 2. The minimum atomic E-state index is -0.940. The predicted octanol–water partition coefficient (Wildman–Crippen LogP) is 5.20. The number of carboxylic acid groups (broad SMARTS) is 1. The van der Waals surface area contributed by atoms with Gasteiger partial charge < -0.3 is 19.9 Å². The van der Waals surface area contributed by atoms with Crippen LogP contribution in [0.2, 0.25) is 0 Å². The third-order valence-electron chi connectivity index (χ3n) is 4.84. The highest BCUT2D eigenvalue weighted by atomic mass is 16.5. The zero-order valence-corrected chi connectivity index (χ0v) is 16.9. The van der Waals surface area contributed by atoms with E-state index < -0.39 is 5.97 Å². The molecular weight excluding hydrogens is 366 g/mol. The molecule has 3 aromatic carbocycles. The van der Waals surface area contributed by atoms with Crippen molar-refractivity contribution in [1.29, 1.82) is 0 Å². The highest BCUT2D eigenvalue weighted by molar-refractivity contribution is 5.89. The molecule has 150 valence electrons. The van der Waals surface area contributed by atoms with Crippen LogP contribution < -0.4 is 14.8 Å². The average Bonchev–Trinajstić information content (AvgIpc) is 2.72. The number of anilines is 1. The van der Waals surface area contributed by atoms with Gasteiger partial charge in [-0.05, 0) is 60.4 Å². The molecule has 2 N–H and O–H groups in total. The van der Waals surface area contributed by atoms with Crippen molar-refractivity contribution in [3.05, 3.63) is 88.5 Å². The Balaban J connectivity index is 1.70. The molecule has 0 aromatic heterocycles. The number of hydrogen-bond acceptors (Lipinski definition) is 4. The summed E-state index contributed by atoms with van der Waals surface area (Å²) in [6.07, 6.45) is 0. The number of aromatic carboxylic acids is 1. The summed E-state index contributed by atoms with van der Waals surface area (Å²) >= 11 is 0. The van der Waals surface area contributed by atoms with E-state index in [9.17, 15) is 9.90 Å². The van der Waals surface area contributed by atoms with Crippen LogP contribution in [0.15, 0.2) is 60.7 Å². The maximum Gasteiger partial charge on any atom is 0.335 e. The number of carbonyl (C=O) groups is 1. The molecule has 0 aliphatic heterocycles. The Kier molecular flexibility index (Phi) is 6.39. The first-order valence-corrected chi connectivity index (χ1v) is 9.40. The first-order chi connectivity index (χ1) is 14.0. The van der Waals surface area contributed by atoms with Gasteiger partial charge in [0, 0.05) is 12.2 Å². The second-order valence-corrected chi connectivity index (χ2v) is 6.89. The van der Waals surface area contributed by atoms with E-state index in [4.69, 9.17) is 9.47 Å². The molecule has 5 heteroatoms. The minimum Gasteiger partial charge on any atom is -0.493 e. The molecule has 5 nitrogen and oxygen atoms in total. The Morgan fingerprint density at radius 1 is 0.966 bits per heavy atom. The molecule has 0 radical (unpaired) electrons. The predicted molar refractivity (Wildman–Crippen MR) is 114 cm³/mol. The van der Waals surface area contributed by atoms with Crippen molar-refractivity contribution >= 4 is 11.7 Å². The Morgan fingerprint density at radius 3 is 2.48 bits per heavy atom. The van der Waals surface area contributed by atoms with Crippen LogP contribution in [0.5, 0.6) is 11.5 Å². The Labute approximate surface area is 170 Å². The van der Waals surface area contributed by atoms with Crippen molar-refractivity contribution in [2.75, 3.05) is 12.4 Å². The second-order valence-electron chi connectivity index (χ2n) is 6.89. The molecule has 0 spiro atoms. The van der Waals surface area contributed by atoms with Gasteiger partial charge in [-0.3, -0.25) is 0 Å².